The third-order valence-electron chi connectivity index (χ3n) is 2.40. The van der Waals surface area contributed by atoms with Crippen LogP contribution < -0.4 is 5.73 Å². The zero-order valence-electron chi connectivity index (χ0n) is 9.26. The number of nitrogens with zero attached hydrogens (tertiary/aromatic N) is 1. The Morgan fingerprint density at radius 1 is 1.17 bits per heavy atom. The van der Waals surface area contributed by atoms with Crippen LogP contribution in [0.15, 0.2) is 56.7 Å². The molecule has 0 unspecified atom stereocenters. The van der Waals surface area contributed by atoms with Crippen LogP contribution in [-0.2, 0) is 10.8 Å². The highest BCUT2D eigenvalue weighted by Crippen LogP contribution is 2.24. The number of rotatable bonds is 2. The first-order valence-corrected chi connectivity index (χ1v) is 7.03. The lowest BCUT2D eigenvalue weighted by Gasteiger charge is -2.06. The van der Waals surface area contributed by atoms with Crippen molar-refractivity contribution in [3.63, 3.8) is 0 Å². The van der Waals surface area contributed by atoms with Gasteiger partial charge in [-0.15, -0.1) is 0 Å². The first kappa shape index (κ1) is 12.8. The van der Waals surface area contributed by atoms with Gasteiger partial charge < -0.3 is 5.73 Å². The van der Waals surface area contributed by atoms with Gasteiger partial charge in [0.1, 0.15) is 6.07 Å². The molecule has 0 heterocycles. The summed E-state index contributed by atoms with van der Waals surface area (Å²) in [5.74, 6) is 0. The van der Waals surface area contributed by atoms with E-state index in [9.17, 15) is 4.21 Å². The van der Waals surface area contributed by atoms with Crippen LogP contribution in [0.3, 0.4) is 0 Å². The fraction of sp³-hybridized carbons (Fsp3) is 0. The van der Waals surface area contributed by atoms with Gasteiger partial charge in [0, 0.05) is 9.37 Å². The Kier molecular flexibility index (Phi) is 3.80. The van der Waals surface area contributed by atoms with Gasteiger partial charge in [-0.05, 0) is 36.4 Å². The lowest BCUT2D eigenvalue weighted by molar-refractivity contribution is 0.683. The number of hydrogen-bond donors (Lipinski definition) is 1. The molecule has 5 heteroatoms. The highest BCUT2D eigenvalue weighted by Gasteiger charge is 2.13. The van der Waals surface area contributed by atoms with Gasteiger partial charge in [-0.25, -0.2) is 4.21 Å². The summed E-state index contributed by atoms with van der Waals surface area (Å²) in [5, 5.41) is 9.07. The average molecular weight is 321 g/mol. The molecular weight excluding hydrogens is 312 g/mol. The predicted molar refractivity (Wildman–Crippen MR) is 74.4 cm³/mol. The zero-order valence-corrected chi connectivity index (χ0v) is 11.7. The van der Waals surface area contributed by atoms with Crippen LogP contribution in [-0.4, -0.2) is 4.21 Å². The van der Waals surface area contributed by atoms with E-state index >= 15 is 0 Å². The lowest BCUT2D eigenvalue weighted by atomic mass is 10.2. The number of halogens is 1. The van der Waals surface area contributed by atoms with Crippen molar-refractivity contribution in [1.29, 1.82) is 5.26 Å². The second-order valence-corrected chi connectivity index (χ2v) is 5.92. The second-order valence-electron chi connectivity index (χ2n) is 3.55. The molecule has 2 aromatic rings. The molecule has 0 saturated carbocycles. The maximum Gasteiger partial charge on any atom is 0.103 e. The van der Waals surface area contributed by atoms with Crippen molar-refractivity contribution in [3.05, 3.63) is 52.5 Å². The topological polar surface area (TPSA) is 66.9 Å². The Bertz CT molecular complexity index is 647. The fourth-order valence-electron chi connectivity index (χ4n) is 1.51. The Balaban J connectivity index is 2.50. The predicted octanol–water partition coefficient (Wildman–Crippen LogP) is 3.07. The minimum Gasteiger partial charge on any atom is -0.398 e. The summed E-state index contributed by atoms with van der Waals surface area (Å²) >= 11 is 3.32. The van der Waals surface area contributed by atoms with Crippen molar-refractivity contribution < 1.29 is 4.21 Å². The van der Waals surface area contributed by atoms with Crippen LogP contribution in [0.4, 0.5) is 5.69 Å². The Morgan fingerprint density at radius 2 is 1.83 bits per heavy atom. The van der Waals surface area contributed by atoms with Crippen molar-refractivity contribution in [3.8, 4) is 6.07 Å². The van der Waals surface area contributed by atoms with Crippen LogP contribution in [0.25, 0.3) is 0 Å². The normalized spacial score (nSPS) is 11.8. The molecule has 0 aromatic heterocycles. The van der Waals surface area contributed by atoms with Crippen molar-refractivity contribution in [1.82, 2.24) is 0 Å². The van der Waals surface area contributed by atoms with E-state index in [2.05, 4.69) is 15.9 Å². The lowest BCUT2D eigenvalue weighted by Crippen LogP contribution is -1.99. The molecule has 2 aromatic carbocycles. The maximum absolute atomic E-state index is 12.4. The van der Waals surface area contributed by atoms with E-state index in [4.69, 9.17) is 11.0 Å². The van der Waals surface area contributed by atoms with Gasteiger partial charge in [0.25, 0.3) is 0 Å². The highest BCUT2D eigenvalue weighted by atomic mass is 79.9. The molecule has 90 valence electrons. The van der Waals surface area contributed by atoms with Gasteiger partial charge in [-0.2, -0.15) is 5.26 Å². The van der Waals surface area contributed by atoms with Gasteiger partial charge in [0.05, 0.1) is 26.9 Å². The van der Waals surface area contributed by atoms with Gasteiger partial charge in [-0.3, -0.25) is 0 Å². The van der Waals surface area contributed by atoms with E-state index in [1.54, 1.807) is 30.3 Å². The van der Waals surface area contributed by atoms with Crippen LogP contribution in [0.1, 0.15) is 5.56 Å². The molecule has 0 aliphatic carbocycles. The van der Waals surface area contributed by atoms with Gasteiger partial charge >= 0.3 is 0 Å². The summed E-state index contributed by atoms with van der Waals surface area (Å²) in [4.78, 5) is 1.08. The number of nitriles is 1. The summed E-state index contributed by atoms with van der Waals surface area (Å²) in [5.41, 5.74) is 6.33. The van der Waals surface area contributed by atoms with E-state index in [1.165, 1.54) is 0 Å². The second kappa shape index (κ2) is 5.34. The highest BCUT2D eigenvalue weighted by molar-refractivity contribution is 9.10. The standard InChI is InChI=1S/C13H9BrN2OS/c14-9-4-6-10(7-5-9)18(17)13-3-1-2-12(16)11(13)8-15/h1-7H,16H2/t18-/m0/s1. The molecular formula is C13H9BrN2OS. The summed E-state index contributed by atoms with van der Waals surface area (Å²) in [6, 6.07) is 14.1. The summed E-state index contributed by atoms with van der Waals surface area (Å²) in [6.07, 6.45) is 0. The van der Waals surface area contributed by atoms with Gasteiger partial charge in [0.2, 0.25) is 0 Å². The summed E-state index contributed by atoms with van der Waals surface area (Å²) < 4.78 is 13.3. The third-order valence-corrected chi connectivity index (χ3v) is 4.37. The number of nitrogens with two attached hydrogens (primary N) is 1. The first-order chi connectivity index (χ1) is 8.63. The third kappa shape index (κ3) is 2.45. The van der Waals surface area contributed by atoms with Crippen molar-refractivity contribution in [2.75, 3.05) is 5.73 Å². The molecule has 0 aliphatic rings. The number of hydrogen-bond acceptors (Lipinski definition) is 3. The molecule has 0 bridgehead atoms. The Labute approximate surface area is 116 Å². The van der Waals surface area contributed by atoms with Crippen molar-refractivity contribution >= 4 is 32.4 Å². The number of benzene rings is 2. The first-order valence-electron chi connectivity index (χ1n) is 5.09. The quantitative estimate of drug-likeness (QED) is 0.865. The minimum atomic E-state index is -1.40. The molecule has 3 nitrogen and oxygen atoms in total. The fourth-order valence-corrected chi connectivity index (χ4v) is 2.96. The maximum atomic E-state index is 12.4. The van der Waals surface area contributed by atoms with Gasteiger partial charge in [0.15, 0.2) is 0 Å². The molecule has 2 rings (SSSR count). The summed E-state index contributed by atoms with van der Waals surface area (Å²) in [7, 11) is -1.40. The van der Waals surface area contributed by atoms with Gasteiger partial charge in [-0.1, -0.05) is 22.0 Å². The van der Waals surface area contributed by atoms with E-state index < -0.39 is 10.8 Å². The molecule has 0 saturated heterocycles. The van der Waals surface area contributed by atoms with Crippen molar-refractivity contribution in [2.45, 2.75) is 9.79 Å². The molecule has 18 heavy (non-hydrogen) atoms. The summed E-state index contributed by atoms with van der Waals surface area (Å²) in [6.45, 7) is 0. The number of anilines is 1. The van der Waals surface area contributed by atoms with Crippen LogP contribution in [0.5, 0.6) is 0 Å². The largest absolute Gasteiger partial charge is 0.398 e. The molecule has 0 spiro atoms. The van der Waals surface area contributed by atoms with E-state index in [0.717, 1.165) is 4.47 Å². The SMILES string of the molecule is N#Cc1c(N)cccc1[S@@](=O)c1ccc(Br)cc1. The molecule has 0 amide bonds. The minimum absolute atomic E-state index is 0.277. The van der Waals surface area contributed by atoms with Crippen LogP contribution >= 0.6 is 15.9 Å². The number of nitrogen functional groups attached to an aromatic ring is 1. The monoisotopic (exact) mass is 320 g/mol. The van der Waals surface area contributed by atoms with Crippen LogP contribution in [0.2, 0.25) is 0 Å². The molecule has 0 radical (unpaired) electrons. The van der Waals surface area contributed by atoms with Crippen LogP contribution in [0, 0.1) is 11.3 Å². The zero-order chi connectivity index (χ0) is 13.1. The van der Waals surface area contributed by atoms with E-state index in [0.29, 0.717) is 15.5 Å². The average Bonchev–Trinajstić information content (AvgIpc) is 2.38. The molecule has 0 aliphatic heterocycles. The Morgan fingerprint density at radius 3 is 2.44 bits per heavy atom. The molecule has 0 fully saturated rings. The molecule has 2 N–H and O–H groups in total. The van der Waals surface area contributed by atoms with E-state index in [1.807, 2.05) is 18.2 Å². The smallest absolute Gasteiger partial charge is 0.103 e. The Hall–Kier alpha value is -1.64. The van der Waals surface area contributed by atoms with E-state index in [-0.39, 0.29) is 5.56 Å². The molecule has 1 atom stereocenters. The van der Waals surface area contributed by atoms with Crippen molar-refractivity contribution in [2.24, 2.45) is 0 Å².